The number of ether oxygens (including phenoxy) is 1. The fourth-order valence-electron chi connectivity index (χ4n) is 3.36. The number of carbonyl (C=O) groups is 1. The highest BCUT2D eigenvalue weighted by atomic mass is 32.2. The number of fused-ring (bicyclic) bond motifs is 1. The summed E-state index contributed by atoms with van der Waals surface area (Å²) in [6, 6.07) is 6.50. The van der Waals surface area contributed by atoms with E-state index in [1.54, 1.807) is 24.3 Å². The second-order valence-corrected chi connectivity index (χ2v) is 8.41. The van der Waals surface area contributed by atoms with Crippen LogP contribution in [-0.4, -0.2) is 44.4 Å². The van der Waals surface area contributed by atoms with E-state index in [1.807, 2.05) is 6.92 Å². The monoisotopic (exact) mass is 352 g/mol. The summed E-state index contributed by atoms with van der Waals surface area (Å²) in [5.41, 5.74) is 0. The predicted molar refractivity (Wildman–Crippen MR) is 90.3 cm³/mol. The van der Waals surface area contributed by atoms with Gasteiger partial charge in [0.05, 0.1) is 11.5 Å². The van der Waals surface area contributed by atoms with E-state index >= 15 is 0 Å². The molecular formula is C17H24N2O4S. The van der Waals surface area contributed by atoms with Crippen LogP contribution in [0, 0.1) is 5.92 Å². The molecule has 1 N–H and O–H groups in total. The van der Waals surface area contributed by atoms with Crippen molar-refractivity contribution in [3.05, 3.63) is 24.3 Å². The van der Waals surface area contributed by atoms with Crippen LogP contribution in [0.2, 0.25) is 0 Å². The molecule has 132 valence electrons. The Hall–Kier alpha value is -1.60. The van der Waals surface area contributed by atoms with Gasteiger partial charge in [0.25, 0.3) is 0 Å². The lowest BCUT2D eigenvalue weighted by atomic mass is 9.99. The maximum atomic E-state index is 12.8. The predicted octanol–water partition coefficient (Wildman–Crippen LogP) is 1.76. The van der Waals surface area contributed by atoms with Gasteiger partial charge in [-0.05, 0) is 49.4 Å². The van der Waals surface area contributed by atoms with Crippen LogP contribution in [0.1, 0.15) is 32.6 Å². The molecule has 2 atom stereocenters. The van der Waals surface area contributed by atoms with Crippen molar-refractivity contribution in [2.45, 2.75) is 43.5 Å². The van der Waals surface area contributed by atoms with Gasteiger partial charge in [0.15, 0.2) is 0 Å². The van der Waals surface area contributed by atoms with Crippen molar-refractivity contribution in [2.24, 2.45) is 5.92 Å². The standard InChI is InChI=1S/C17H24N2O4S/c1-2-10-23-14-6-8-15(9-7-14)24(21,22)19-11-13-4-3-5-17(20)18-16(13)12-19/h6-9,13,16H,2-5,10-12H2,1H3,(H,18,20)/t13-,16+/m1/s1. The molecule has 0 aromatic heterocycles. The highest BCUT2D eigenvalue weighted by molar-refractivity contribution is 7.89. The molecule has 2 aliphatic heterocycles. The number of carbonyl (C=O) groups excluding carboxylic acids is 1. The Morgan fingerprint density at radius 2 is 2.00 bits per heavy atom. The number of sulfonamides is 1. The van der Waals surface area contributed by atoms with Crippen molar-refractivity contribution in [2.75, 3.05) is 19.7 Å². The van der Waals surface area contributed by atoms with E-state index in [-0.39, 0.29) is 22.8 Å². The third-order valence-corrected chi connectivity index (χ3v) is 6.51. The number of hydrogen-bond donors (Lipinski definition) is 1. The van der Waals surface area contributed by atoms with E-state index in [1.165, 1.54) is 4.31 Å². The Morgan fingerprint density at radius 3 is 2.71 bits per heavy atom. The van der Waals surface area contributed by atoms with Crippen LogP contribution in [-0.2, 0) is 14.8 Å². The van der Waals surface area contributed by atoms with Gasteiger partial charge in [-0.25, -0.2) is 8.42 Å². The van der Waals surface area contributed by atoms with Gasteiger partial charge in [-0.2, -0.15) is 4.31 Å². The largest absolute Gasteiger partial charge is 0.494 e. The molecule has 0 unspecified atom stereocenters. The van der Waals surface area contributed by atoms with Gasteiger partial charge in [-0.1, -0.05) is 6.92 Å². The van der Waals surface area contributed by atoms with E-state index in [9.17, 15) is 13.2 Å². The van der Waals surface area contributed by atoms with Gasteiger partial charge in [0.2, 0.25) is 15.9 Å². The van der Waals surface area contributed by atoms with Crippen LogP contribution in [0.5, 0.6) is 5.75 Å². The zero-order valence-electron chi connectivity index (χ0n) is 13.9. The highest BCUT2D eigenvalue weighted by Gasteiger charge is 2.40. The molecule has 7 heteroatoms. The van der Waals surface area contributed by atoms with Crippen LogP contribution in [0.3, 0.4) is 0 Å². The van der Waals surface area contributed by atoms with Gasteiger partial charge in [-0.3, -0.25) is 4.79 Å². The summed E-state index contributed by atoms with van der Waals surface area (Å²) >= 11 is 0. The Bertz CT molecular complexity index is 687. The summed E-state index contributed by atoms with van der Waals surface area (Å²) in [4.78, 5) is 12.0. The molecule has 2 fully saturated rings. The van der Waals surface area contributed by atoms with E-state index in [0.717, 1.165) is 19.3 Å². The molecule has 2 saturated heterocycles. The van der Waals surface area contributed by atoms with Crippen molar-refractivity contribution >= 4 is 15.9 Å². The van der Waals surface area contributed by atoms with Gasteiger partial charge < -0.3 is 10.1 Å². The molecule has 0 bridgehead atoms. The van der Waals surface area contributed by atoms with Crippen LogP contribution >= 0.6 is 0 Å². The topological polar surface area (TPSA) is 75.7 Å². The maximum absolute atomic E-state index is 12.8. The Kier molecular flexibility index (Phi) is 5.10. The molecule has 1 aromatic carbocycles. The molecule has 1 amide bonds. The molecule has 0 saturated carbocycles. The van der Waals surface area contributed by atoms with E-state index in [0.29, 0.717) is 31.9 Å². The van der Waals surface area contributed by atoms with Crippen LogP contribution in [0.4, 0.5) is 0 Å². The number of benzene rings is 1. The third-order valence-electron chi connectivity index (χ3n) is 4.67. The number of hydrogen-bond acceptors (Lipinski definition) is 4. The Balaban J connectivity index is 1.73. The molecule has 2 aliphatic rings. The molecule has 3 rings (SSSR count). The normalized spacial score (nSPS) is 25.0. The summed E-state index contributed by atoms with van der Waals surface area (Å²) < 4.78 is 32.7. The first-order chi connectivity index (χ1) is 11.5. The van der Waals surface area contributed by atoms with E-state index in [4.69, 9.17) is 4.74 Å². The molecule has 0 radical (unpaired) electrons. The summed E-state index contributed by atoms with van der Waals surface area (Å²) in [5, 5.41) is 2.96. The average molecular weight is 352 g/mol. The first-order valence-electron chi connectivity index (χ1n) is 8.53. The molecule has 0 aliphatic carbocycles. The van der Waals surface area contributed by atoms with Gasteiger partial charge in [0.1, 0.15) is 5.75 Å². The van der Waals surface area contributed by atoms with Gasteiger partial charge in [0, 0.05) is 25.6 Å². The molecular weight excluding hydrogens is 328 g/mol. The summed E-state index contributed by atoms with van der Waals surface area (Å²) in [5.74, 6) is 0.909. The van der Waals surface area contributed by atoms with E-state index < -0.39 is 10.0 Å². The van der Waals surface area contributed by atoms with Gasteiger partial charge >= 0.3 is 0 Å². The Labute approximate surface area is 143 Å². The first-order valence-corrected chi connectivity index (χ1v) is 9.97. The quantitative estimate of drug-likeness (QED) is 0.876. The number of rotatable bonds is 5. The highest BCUT2D eigenvalue weighted by Crippen LogP contribution is 2.30. The maximum Gasteiger partial charge on any atom is 0.243 e. The molecule has 2 heterocycles. The minimum absolute atomic E-state index is 0.0270. The van der Waals surface area contributed by atoms with Crippen molar-refractivity contribution < 1.29 is 17.9 Å². The van der Waals surface area contributed by atoms with Crippen molar-refractivity contribution in [3.8, 4) is 5.75 Å². The minimum Gasteiger partial charge on any atom is -0.494 e. The van der Waals surface area contributed by atoms with Crippen LogP contribution in [0.15, 0.2) is 29.2 Å². The number of nitrogens with one attached hydrogen (secondary N) is 1. The lowest BCUT2D eigenvalue weighted by Crippen LogP contribution is -2.39. The summed E-state index contributed by atoms with van der Waals surface area (Å²) in [7, 11) is -3.54. The summed E-state index contributed by atoms with van der Waals surface area (Å²) in [6.45, 7) is 3.46. The molecule has 1 aromatic rings. The molecule has 24 heavy (non-hydrogen) atoms. The molecule has 6 nitrogen and oxygen atoms in total. The second-order valence-electron chi connectivity index (χ2n) is 6.47. The zero-order valence-corrected chi connectivity index (χ0v) is 14.7. The average Bonchev–Trinajstić information content (AvgIpc) is 2.89. The third kappa shape index (κ3) is 3.57. The lowest BCUT2D eigenvalue weighted by Gasteiger charge is -2.17. The minimum atomic E-state index is -3.54. The number of amides is 1. The fraction of sp³-hybridized carbons (Fsp3) is 0.588. The Morgan fingerprint density at radius 1 is 1.25 bits per heavy atom. The van der Waals surface area contributed by atoms with Crippen LogP contribution < -0.4 is 10.1 Å². The van der Waals surface area contributed by atoms with E-state index in [2.05, 4.69) is 5.32 Å². The van der Waals surface area contributed by atoms with Gasteiger partial charge in [-0.15, -0.1) is 0 Å². The fourth-order valence-corrected chi connectivity index (χ4v) is 4.89. The number of nitrogens with zero attached hydrogens (tertiary/aromatic N) is 1. The summed E-state index contributed by atoms with van der Waals surface area (Å²) in [6.07, 6.45) is 3.16. The zero-order chi connectivity index (χ0) is 17.2. The SMILES string of the molecule is CCCOc1ccc(S(=O)(=O)N2C[C@H]3CCCC(=O)N[C@H]3C2)cc1. The first kappa shape index (κ1) is 17.2. The van der Waals surface area contributed by atoms with Crippen LogP contribution in [0.25, 0.3) is 0 Å². The van der Waals surface area contributed by atoms with Crippen molar-refractivity contribution in [1.29, 1.82) is 0 Å². The molecule has 0 spiro atoms. The second kappa shape index (κ2) is 7.11. The smallest absolute Gasteiger partial charge is 0.243 e. The van der Waals surface area contributed by atoms with Crippen molar-refractivity contribution in [1.82, 2.24) is 9.62 Å². The lowest BCUT2D eigenvalue weighted by molar-refractivity contribution is -0.121. The van der Waals surface area contributed by atoms with Crippen molar-refractivity contribution in [3.63, 3.8) is 0 Å².